The van der Waals surface area contributed by atoms with Crippen LogP contribution in [0.2, 0.25) is 0 Å². The number of pyridine rings is 2. The Hall–Kier alpha value is -3.21. The SMILES string of the molecule is Cc1c(Br)c(=O)n(C2CCCC2)c2nc(Nc3ccc(N4CCCN(C(=O)OC(C)(C)C)CC4)cn3)ncc12. The number of anilines is 3. The highest BCUT2D eigenvalue weighted by atomic mass is 79.9. The number of ether oxygens (including phenoxy) is 1. The summed E-state index contributed by atoms with van der Waals surface area (Å²) in [7, 11) is 0. The van der Waals surface area contributed by atoms with Gasteiger partial charge in [-0.3, -0.25) is 9.36 Å². The van der Waals surface area contributed by atoms with Crippen molar-refractivity contribution in [1.29, 1.82) is 0 Å². The van der Waals surface area contributed by atoms with Crippen LogP contribution in [0.25, 0.3) is 11.0 Å². The van der Waals surface area contributed by atoms with Crippen LogP contribution in [0.5, 0.6) is 0 Å². The van der Waals surface area contributed by atoms with Crippen LogP contribution in [0.4, 0.5) is 22.2 Å². The van der Waals surface area contributed by atoms with Gasteiger partial charge in [-0.15, -0.1) is 0 Å². The Morgan fingerprint density at radius 1 is 1.05 bits per heavy atom. The normalized spacial score (nSPS) is 16.9. The number of rotatable bonds is 4. The fraction of sp³-hybridized carbons (Fsp3) is 0.536. The van der Waals surface area contributed by atoms with Crippen LogP contribution in [0, 0.1) is 6.92 Å². The van der Waals surface area contributed by atoms with Crippen molar-refractivity contribution in [2.45, 2.75) is 71.4 Å². The lowest BCUT2D eigenvalue weighted by atomic mass is 10.1. The molecule has 2 aliphatic rings. The monoisotopic (exact) mass is 597 g/mol. The Balaban J connectivity index is 1.31. The number of hydrogen-bond acceptors (Lipinski definition) is 8. The van der Waals surface area contributed by atoms with Crippen molar-refractivity contribution in [1.82, 2.24) is 24.4 Å². The second-order valence-electron chi connectivity index (χ2n) is 11.3. The van der Waals surface area contributed by atoms with Crippen molar-refractivity contribution >= 4 is 50.5 Å². The first kappa shape index (κ1) is 27.4. The average molecular weight is 599 g/mol. The molecule has 10 nitrogen and oxygen atoms in total. The van der Waals surface area contributed by atoms with Gasteiger partial charge in [0.1, 0.15) is 17.1 Å². The standard InChI is InChI=1S/C28H36BrN7O3/c1-18-21-17-31-26(33-24(21)36(25(37)23(18)29)19-8-5-6-9-19)32-22-11-10-20(16-30-22)34-12-7-13-35(15-14-34)27(38)39-28(2,3)4/h10-11,16-17,19H,5-9,12-15H2,1-4H3,(H,30,31,32,33). The second-order valence-corrected chi connectivity index (χ2v) is 12.1. The molecule has 2 fully saturated rings. The minimum Gasteiger partial charge on any atom is -0.444 e. The molecule has 0 atom stereocenters. The van der Waals surface area contributed by atoms with Gasteiger partial charge in [-0.2, -0.15) is 4.98 Å². The van der Waals surface area contributed by atoms with Crippen molar-refractivity contribution in [3.63, 3.8) is 0 Å². The van der Waals surface area contributed by atoms with Crippen molar-refractivity contribution in [2.75, 3.05) is 36.4 Å². The number of carbonyl (C=O) groups excluding carboxylic acids is 1. The molecule has 1 N–H and O–H groups in total. The number of halogens is 1. The number of nitrogens with zero attached hydrogens (tertiary/aromatic N) is 6. The number of carbonyl (C=O) groups is 1. The number of amides is 1. The zero-order chi connectivity index (χ0) is 27.7. The van der Waals surface area contributed by atoms with Crippen molar-refractivity contribution in [3.05, 3.63) is 44.9 Å². The smallest absolute Gasteiger partial charge is 0.410 e. The average Bonchev–Trinajstić information content (AvgIpc) is 3.30. The molecule has 3 aromatic rings. The van der Waals surface area contributed by atoms with Gasteiger partial charge in [0, 0.05) is 43.8 Å². The summed E-state index contributed by atoms with van der Waals surface area (Å²) < 4.78 is 7.95. The lowest BCUT2D eigenvalue weighted by Crippen LogP contribution is -2.39. The molecule has 1 saturated carbocycles. The molecule has 1 aliphatic carbocycles. The molecule has 4 heterocycles. The molecule has 0 unspecified atom stereocenters. The summed E-state index contributed by atoms with van der Waals surface area (Å²) in [6, 6.07) is 4.06. The molecule has 1 saturated heterocycles. The molecule has 5 rings (SSSR count). The lowest BCUT2D eigenvalue weighted by Gasteiger charge is -2.26. The van der Waals surface area contributed by atoms with E-state index in [0.29, 0.717) is 41.5 Å². The zero-order valence-corrected chi connectivity index (χ0v) is 24.6. The van der Waals surface area contributed by atoms with Crippen LogP contribution in [0.3, 0.4) is 0 Å². The maximum Gasteiger partial charge on any atom is 0.410 e. The molecule has 1 aliphatic heterocycles. The molecular weight excluding hydrogens is 562 g/mol. The number of hydrogen-bond donors (Lipinski definition) is 1. The van der Waals surface area contributed by atoms with Crippen molar-refractivity contribution in [3.8, 4) is 0 Å². The Morgan fingerprint density at radius 2 is 1.82 bits per heavy atom. The molecule has 39 heavy (non-hydrogen) atoms. The van der Waals surface area contributed by atoms with E-state index in [1.54, 1.807) is 11.1 Å². The zero-order valence-electron chi connectivity index (χ0n) is 23.0. The highest BCUT2D eigenvalue weighted by molar-refractivity contribution is 9.10. The minimum atomic E-state index is -0.506. The van der Waals surface area contributed by atoms with Gasteiger partial charge in [0.2, 0.25) is 5.95 Å². The van der Waals surface area contributed by atoms with Crippen molar-refractivity contribution in [2.24, 2.45) is 0 Å². The van der Waals surface area contributed by atoms with E-state index in [2.05, 4.69) is 36.1 Å². The molecule has 0 aromatic carbocycles. The Bertz CT molecular complexity index is 1410. The van der Waals surface area contributed by atoms with E-state index in [9.17, 15) is 9.59 Å². The first-order valence-electron chi connectivity index (χ1n) is 13.6. The van der Waals surface area contributed by atoms with Gasteiger partial charge in [0.15, 0.2) is 0 Å². The predicted molar refractivity (Wildman–Crippen MR) is 156 cm³/mol. The quantitative estimate of drug-likeness (QED) is 0.416. The van der Waals surface area contributed by atoms with Gasteiger partial charge in [-0.25, -0.2) is 14.8 Å². The van der Waals surface area contributed by atoms with Gasteiger partial charge >= 0.3 is 6.09 Å². The van der Waals surface area contributed by atoms with E-state index >= 15 is 0 Å². The molecule has 0 radical (unpaired) electrons. The Labute approximate surface area is 236 Å². The van der Waals surface area contributed by atoms with E-state index in [1.165, 1.54) is 0 Å². The molecule has 208 valence electrons. The van der Waals surface area contributed by atoms with Crippen LogP contribution < -0.4 is 15.8 Å². The van der Waals surface area contributed by atoms with Gasteiger partial charge in [-0.1, -0.05) is 12.8 Å². The van der Waals surface area contributed by atoms with Gasteiger partial charge < -0.3 is 19.9 Å². The molecule has 11 heteroatoms. The number of nitrogens with one attached hydrogen (secondary N) is 1. The summed E-state index contributed by atoms with van der Waals surface area (Å²) in [6.07, 6.45) is 8.37. The summed E-state index contributed by atoms with van der Waals surface area (Å²) >= 11 is 3.49. The minimum absolute atomic E-state index is 0.0401. The third-order valence-electron chi connectivity index (χ3n) is 7.33. The maximum absolute atomic E-state index is 13.2. The number of aromatic nitrogens is 4. The maximum atomic E-state index is 13.2. The summed E-state index contributed by atoms with van der Waals surface area (Å²) in [5, 5.41) is 4.07. The topological polar surface area (TPSA) is 105 Å². The third kappa shape index (κ3) is 6.03. The number of aryl methyl sites for hydroxylation is 1. The predicted octanol–water partition coefficient (Wildman–Crippen LogP) is 5.56. The number of fused-ring (bicyclic) bond motifs is 1. The molecule has 3 aromatic heterocycles. The second kappa shape index (κ2) is 11.1. The summed E-state index contributed by atoms with van der Waals surface area (Å²) in [5.41, 5.74) is 1.94. The molecular formula is C28H36BrN7O3. The first-order chi connectivity index (χ1) is 18.6. The fourth-order valence-corrected chi connectivity index (χ4v) is 5.71. The summed E-state index contributed by atoms with van der Waals surface area (Å²) in [5.74, 6) is 1.02. The van der Waals surface area contributed by atoms with Gasteiger partial charge in [-0.05, 0) is 80.6 Å². The van der Waals surface area contributed by atoms with E-state index < -0.39 is 5.60 Å². The third-order valence-corrected chi connectivity index (χ3v) is 8.26. The largest absolute Gasteiger partial charge is 0.444 e. The van der Waals surface area contributed by atoms with Crippen LogP contribution >= 0.6 is 15.9 Å². The summed E-state index contributed by atoms with van der Waals surface area (Å²) in [6.45, 7) is 10.4. The van der Waals surface area contributed by atoms with Crippen LogP contribution in [-0.2, 0) is 4.74 Å². The summed E-state index contributed by atoms with van der Waals surface area (Å²) in [4.78, 5) is 43.6. The van der Waals surface area contributed by atoms with E-state index in [4.69, 9.17) is 9.72 Å². The van der Waals surface area contributed by atoms with Crippen LogP contribution in [0.1, 0.15) is 64.5 Å². The highest BCUT2D eigenvalue weighted by Crippen LogP contribution is 2.32. The highest BCUT2D eigenvalue weighted by Gasteiger charge is 2.25. The molecule has 0 spiro atoms. The van der Waals surface area contributed by atoms with E-state index in [1.807, 2.05) is 50.6 Å². The van der Waals surface area contributed by atoms with Crippen LogP contribution in [-0.4, -0.2) is 62.3 Å². The van der Waals surface area contributed by atoms with Gasteiger partial charge in [0.05, 0.1) is 16.4 Å². The van der Waals surface area contributed by atoms with Crippen molar-refractivity contribution < 1.29 is 9.53 Å². The fourth-order valence-electron chi connectivity index (χ4n) is 5.31. The molecule has 1 amide bonds. The molecule has 0 bridgehead atoms. The van der Waals surface area contributed by atoms with E-state index in [-0.39, 0.29) is 17.7 Å². The van der Waals surface area contributed by atoms with E-state index in [0.717, 1.165) is 55.3 Å². The Morgan fingerprint density at radius 3 is 2.51 bits per heavy atom. The van der Waals surface area contributed by atoms with Gasteiger partial charge in [0.25, 0.3) is 5.56 Å². The van der Waals surface area contributed by atoms with Crippen LogP contribution in [0.15, 0.2) is 33.8 Å². The Kier molecular flexibility index (Phi) is 7.80. The lowest BCUT2D eigenvalue weighted by molar-refractivity contribution is 0.0263. The first-order valence-corrected chi connectivity index (χ1v) is 14.4.